The van der Waals surface area contributed by atoms with E-state index in [1.165, 1.54) is 12.3 Å². The van der Waals surface area contributed by atoms with E-state index in [-0.39, 0.29) is 5.82 Å². The molecule has 0 bridgehead atoms. The molecule has 1 N–H and O–H groups in total. The minimum absolute atomic E-state index is 0.319. The largest absolute Gasteiger partial charge is 0.360 e. The Morgan fingerprint density at radius 3 is 3.00 bits per heavy atom. The molecule has 0 aromatic carbocycles. The van der Waals surface area contributed by atoms with Gasteiger partial charge >= 0.3 is 0 Å². The van der Waals surface area contributed by atoms with Gasteiger partial charge in [0, 0.05) is 29.5 Å². The molecular formula is C13H9BrFN3. The van der Waals surface area contributed by atoms with Crippen LogP contribution in [0.15, 0.2) is 41.4 Å². The third-order valence-electron chi connectivity index (χ3n) is 2.77. The van der Waals surface area contributed by atoms with Crippen LogP contribution in [0.1, 0.15) is 11.1 Å². The fourth-order valence-corrected chi connectivity index (χ4v) is 2.40. The number of hydrogen-bond donors (Lipinski definition) is 1. The fourth-order valence-electron chi connectivity index (χ4n) is 1.96. The molecule has 0 atom stereocenters. The van der Waals surface area contributed by atoms with Crippen LogP contribution in [0.4, 0.5) is 4.39 Å². The first-order valence-corrected chi connectivity index (χ1v) is 6.23. The smallest absolute Gasteiger partial charge is 0.141 e. The number of hydrogen-bond acceptors (Lipinski definition) is 2. The maximum atomic E-state index is 13.1. The van der Waals surface area contributed by atoms with Gasteiger partial charge < -0.3 is 4.98 Å². The highest BCUT2D eigenvalue weighted by Crippen LogP contribution is 2.26. The molecule has 0 aliphatic rings. The second-order valence-corrected chi connectivity index (χ2v) is 4.87. The van der Waals surface area contributed by atoms with Crippen molar-refractivity contribution in [2.75, 3.05) is 0 Å². The van der Waals surface area contributed by atoms with Gasteiger partial charge in [-0.2, -0.15) is 0 Å². The van der Waals surface area contributed by atoms with Gasteiger partial charge in [0.05, 0.1) is 17.2 Å². The van der Waals surface area contributed by atoms with Crippen molar-refractivity contribution < 1.29 is 4.39 Å². The number of aromatic amines is 1. The summed E-state index contributed by atoms with van der Waals surface area (Å²) in [6.45, 7) is 0. The Morgan fingerprint density at radius 2 is 2.17 bits per heavy atom. The van der Waals surface area contributed by atoms with E-state index < -0.39 is 0 Å². The summed E-state index contributed by atoms with van der Waals surface area (Å²) in [5, 5.41) is 0. The molecule has 3 aromatic rings. The lowest BCUT2D eigenvalue weighted by molar-refractivity contribution is 0.619. The van der Waals surface area contributed by atoms with E-state index >= 15 is 0 Å². The normalized spacial score (nSPS) is 11.0. The van der Waals surface area contributed by atoms with Crippen molar-refractivity contribution in [2.24, 2.45) is 0 Å². The van der Waals surface area contributed by atoms with Gasteiger partial charge in [0.15, 0.2) is 0 Å². The average Bonchev–Trinajstić information content (AvgIpc) is 2.81. The molecule has 0 radical (unpaired) electrons. The molecule has 0 saturated carbocycles. The summed E-state index contributed by atoms with van der Waals surface area (Å²) in [6, 6.07) is 3.41. The summed E-state index contributed by atoms with van der Waals surface area (Å²) in [6.07, 6.45) is 7.08. The van der Waals surface area contributed by atoms with Crippen LogP contribution < -0.4 is 0 Å². The SMILES string of the molecule is Fc1cncc(Cc2c(Br)cnc3cc[nH]c23)c1. The molecule has 18 heavy (non-hydrogen) atoms. The third kappa shape index (κ3) is 2.01. The predicted molar refractivity (Wildman–Crippen MR) is 70.8 cm³/mol. The van der Waals surface area contributed by atoms with E-state index in [4.69, 9.17) is 0 Å². The van der Waals surface area contributed by atoms with Gasteiger partial charge in [-0.3, -0.25) is 9.97 Å². The number of rotatable bonds is 2. The van der Waals surface area contributed by atoms with Crippen molar-refractivity contribution >= 4 is 27.0 Å². The molecule has 3 heterocycles. The van der Waals surface area contributed by atoms with Crippen molar-refractivity contribution in [1.29, 1.82) is 0 Å². The van der Waals surface area contributed by atoms with Crippen LogP contribution in [-0.2, 0) is 6.42 Å². The quantitative estimate of drug-likeness (QED) is 0.788. The van der Waals surface area contributed by atoms with E-state index in [1.807, 2.05) is 12.3 Å². The number of nitrogens with one attached hydrogen (secondary N) is 1. The first-order chi connectivity index (χ1) is 8.74. The number of aromatic nitrogens is 3. The maximum Gasteiger partial charge on any atom is 0.141 e. The third-order valence-corrected chi connectivity index (χ3v) is 3.46. The summed E-state index contributed by atoms with van der Waals surface area (Å²) in [7, 11) is 0. The molecule has 0 spiro atoms. The van der Waals surface area contributed by atoms with Crippen LogP contribution in [0, 0.1) is 5.82 Å². The molecule has 0 fully saturated rings. The fraction of sp³-hybridized carbons (Fsp3) is 0.0769. The van der Waals surface area contributed by atoms with E-state index in [2.05, 4.69) is 30.9 Å². The molecule has 3 aromatic heterocycles. The van der Waals surface area contributed by atoms with Crippen LogP contribution in [0.25, 0.3) is 11.0 Å². The number of halogens is 2. The number of fused-ring (bicyclic) bond motifs is 1. The highest BCUT2D eigenvalue weighted by molar-refractivity contribution is 9.10. The number of H-pyrrole nitrogens is 1. The first-order valence-electron chi connectivity index (χ1n) is 5.44. The molecular weight excluding hydrogens is 297 g/mol. The molecule has 3 nitrogen and oxygen atoms in total. The zero-order chi connectivity index (χ0) is 12.5. The Kier molecular flexibility index (Phi) is 2.83. The maximum absolute atomic E-state index is 13.1. The highest BCUT2D eigenvalue weighted by atomic mass is 79.9. The Hall–Kier alpha value is -1.75. The number of nitrogens with zero attached hydrogens (tertiary/aromatic N) is 2. The molecule has 5 heteroatoms. The van der Waals surface area contributed by atoms with Gasteiger partial charge in [-0.15, -0.1) is 0 Å². The summed E-state index contributed by atoms with van der Waals surface area (Å²) in [4.78, 5) is 11.3. The Labute approximate surface area is 111 Å². The molecule has 0 aliphatic heterocycles. The molecule has 0 amide bonds. The van der Waals surface area contributed by atoms with Crippen molar-refractivity contribution in [3.8, 4) is 0 Å². The molecule has 0 unspecified atom stereocenters. The van der Waals surface area contributed by atoms with Crippen LogP contribution in [-0.4, -0.2) is 15.0 Å². The van der Waals surface area contributed by atoms with Gasteiger partial charge in [0.1, 0.15) is 5.82 Å². The standard InChI is InChI=1S/C13H9BrFN3/c14-11-7-18-12-1-2-17-13(12)10(11)4-8-3-9(15)6-16-5-8/h1-3,5-7,17H,4H2. The topological polar surface area (TPSA) is 41.6 Å². The lowest BCUT2D eigenvalue weighted by Gasteiger charge is -2.06. The molecule has 0 saturated heterocycles. The Balaban J connectivity index is 2.09. The predicted octanol–water partition coefficient (Wildman–Crippen LogP) is 3.45. The van der Waals surface area contributed by atoms with Gasteiger partial charge in [0.2, 0.25) is 0 Å². The lowest BCUT2D eigenvalue weighted by atomic mass is 10.1. The van der Waals surface area contributed by atoms with Crippen LogP contribution >= 0.6 is 15.9 Å². The van der Waals surface area contributed by atoms with E-state index in [1.54, 1.807) is 12.4 Å². The summed E-state index contributed by atoms with van der Waals surface area (Å²) < 4.78 is 14.0. The molecule has 90 valence electrons. The van der Waals surface area contributed by atoms with E-state index in [9.17, 15) is 4.39 Å². The zero-order valence-electron chi connectivity index (χ0n) is 9.32. The highest BCUT2D eigenvalue weighted by Gasteiger charge is 2.09. The first kappa shape index (κ1) is 11.3. The van der Waals surface area contributed by atoms with Gasteiger partial charge in [-0.1, -0.05) is 0 Å². The summed E-state index contributed by atoms with van der Waals surface area (Å²) in [5.41, 5.74) is 3.75. The minimum atomic E-state index is -0.319. The Bertz CT molecular complexity index is 708. The number of pyridine rings is 2. The van der Waals surface area contributed by atoms with Crippen LogP contribution in [0.2, 0.25) is 0 Å². The molecule has 3 rings (SSSR count). The lowest BCUT2D eigenvalue weighted by Crippen LogP contribution is -1.94. The van der Waals surface area contributed by atoms with Gasteiger partial charge in [-0.05, 0) is 39.2 Å². The van der Waals surface area contributed by atoms with E-state index in [0.717, 1.165) is 26.6 Å². The van der Waals surface area contributed by atoms with Crippen LogP contribution in [0.5, 0.6) is 0 Å². The Morgan fingerprint density at radius 1 is 1.28 bits per heavy atom. The van der Waals surface area contributed by atoms with Crippen molar-refractivity contribution in [2.45, 2.75) is 6.42 Å². The van der Waals surface area contributed by atoms with Gasteiger partial charge in [0.25, 0.3) is 0 Å². The van der Waals surface area contributed by atoms with E-state index in [0.29, 0.717) is 6.42 Å². The van der Waals surface area contributed by atoms with Crippen molar-refractivity contribution in [3.05, 3.63) is 58.3 Å². The zero-order valence-corrected chi connectivity index (χ0v) is 10.9. The minimum Gasteiger partial charge on any atom is -0.360 e. The van der Waals surface area contributed by atoms with Crippen molar-refractivity contribution in [3.63, 3.8) is 0 Å². The van der Waals surface area contributed by atoms with Crippen LogP contribution in [0.3, 0.4) is 0 Å². The van der Waals surface area contributed by atoms with Crippen molar-refractivity contribution in [1.82, 2.24) is 15.0 Å². The molecule has 0 aliphatic carbocycles. The summed E-state index contributed by atoms with van der Waals surface area (Å²) in [5.74, 6) is -0.319. The monoisotopic (exact) mass is 305 g/mol. The summed E-state index contributed by atoms with van der Waals surface area (Å²) >= 11 is 3.48. The van der Waals surface area contributed by atoms with Gasteiger partial charge in [-0.25, -0.2) is 4.39 Å². The average molecular weight is 306 g/mol. The second-order valence-electron chi connectivity index (χ2n) is 4.01. The second kappa shape index (κ2) is 4.49.